The standard InChI is InChI=1S/C15H19NO/c1-6-11-8-7-9(2)13-12(11)10(3)14(17)15(4,5)16-13/h1,7-8,10,14,16-17H,2-5H3/t10-,14+/m1/s1. The average Bonchev–Trinajstić information content (AvgIpc) is 2.28. The van der Waals surface area contributed by atoms with Gasteiger partial charge in [-0.15, -0.1) is 6.42 Å². The van der Waals surface area contributed by atoms with Gasteiger partial charge in [-0.3, -0.25) is 0 Å². The van der Waals surface area contributed by atoms with Crippen molar-refractivity contribution in [1.29, 1.82) is 0 Å². The Morgan fingerprint density at radius 1 is 1.41 bits per heavy atom. The van der Waals surface area contributed by atoms with Crippen LogP contribution in [-0.2, 0) is 0 Å². The number of anilines is 1. The highest BCUT2D eigenvalue weighted by Gasteiger charge is 2.39. The maximum Gasteiger partial charge on any atom is 0.0831 e. The summed E-state index contributed by atoms with van der Waals surface area (Å²) >= 11 is 0. The molecule has 17 heavy (non-hydrogen) atoms. The lowest BCUT2D eigenvalue weighted by molar-refractivity contribution is 0.0867. The molecular weight excluding hydrogens is 210 g/mol. The van der Waals surface area contributed by atoms with Gasteiger partial charge in [0.05, 0.1) is 11.6 Å². The summed E-state index contributed by atoms with van der Waals surface area (Å²) < 4.78 is 0. The van der Waals surface area contributed by atoms with Crippen molar-refractivity contribution in [1.82, 2.24) is 0 Å². The number of hydrogen-bond acceptors (Lipinski definition) is 2. The quantitative estimate of drug-likeness (QED) is 0.670. The van der Waals surface area contributed by atoms with Gasteiger partial charge in [-0.1, -0.05) is 18.9 Å². The third-order valence-electron chi connectivity index (χ3n) is 3.72. The van der Waals surface area contributed by atoms with Crippen molar-refractivity contribution in [2.45, 2.75) is 45.3 Å². The predicted molar refractivity (Wildman–Crippen MR) is 71.2 cm³/mol. The number of fused-ring (bicyclic) bond motifs is 1. The minimum atomic E-state index is -0.441. The van der Waals surface area contributed by atoms with E-state index in [-0.39, 0.29) is 11.5 Å². The van der Waals surface area contributed by atoms with E-state index in [9.17, 15) is 5.11 Å². The van der Waals surface area contributed by atoms with Crippen molar-refractivity contribution in [2.75, 3.05) is 5.32 Å². The second-order valence-electron chi connectivity index (χ2n) is 5.44. The van der Waals surface area contributed by atoms with Crippen LogP contribution in [0.5, 0.6) is 0 Å². The lowest BCUT2D eigenvalue weighted by Gasteiger charge is -2.43. The molecule has 1 aliphatic rings. The molecule has 0 amide bonds. The van der Waals surface area contributed by atoms with Crippen LogP contribution in [0.3, 0.4) is 0 Å². The van der Waals surface area contributed by atoms with Gasteiger partial charge >= 0.3 is 0 Å². The molecule has 2 atom stereocenters. The monoisotopic (exact) mass is 229 g/mol. The van der Waals surface area contributed by atoms with E-state index in [1.54, 1.807) is 0 Å². The summed E-state index contributed by atoms with van der Waals surface area (Å²) in [6, 6.07) is 3.99. The van der Waals surface area contributed by atoms with Crippen LogP contribution in [0.25, 0.3) is 0 Å². The topological polar surface area (TPSA) is 32.3 Å². The molecule has 2 N–H and O–H groups in total. The second-order valence-corrected chi connectivity index (χ2v) is 5.44. The van der Waals surface area contributed by atoms with Crippen LogP contribution in [0.2, 0.25) is 0 Å². The fraction of sp³-hybridized carbons (Fsp3) is 0.467. The summed E-state index contributed by atoms with van der Waals surface area (Å²) in [5.74, 6) is 2.76. The third-order valence-corrected chi connectivity index (χ3v) is 3.72. The van der Waals surface area contributed by atoms with Crippen LogP contribution in [-0.4, -0.2) is 16.7 Å². The van der Waals surface area contributed by atoms with Crippen LogP contribution in [0.1, 0.15) is 43.4 Å². The maximum absolute atomic E-state index is 10.3. The number of terminal acetylenes is 1. The molecule has 1 aromatic carbocycles. The third kappa shape index (κ3) is 1.71. The molecule has 0 aliphatic carbocycles. The Kier molecular flexibility index (Phi) is 2.67. The summed E-state index contributed by atoms with van der Waals surface area (Å²) in [6.07, 6.45) is 5.10. The molecule has 2 heteroatoms. The van der Waals surface area contributed by atoms with Crippen molar-refractivity contribution in [2.24, 2.45) is 0 Å². The summed E-state index contributed by atoms with van der Waals surface area (Å²) in [5.41, 5.74) is 3.87. The fourth-order valence-corrected chi connectivity index (χ4v) is 2.67. The number of aliphatic hydroxyl groups is 1. The average molecular weight is 229 g/mol. The predicted octanol–water partition coefficient (Wildman–Crippen LogP) is 2.64. The zero-order valence-corrected chi connectivity index (χ0v) is 10.8. The molecule has 0 aromatic heterocycles. The molecule has 0 unspecified atom stereocenters. The first-order valence-electron chi connectivity index (χ1n) is 5.95. The van der Waals surface area contributed by atoms with Crippen molar-refractivity contribution in [3.63, 3.8) is 0 Å². The molecule has 0 bridgehead atoms. The van der Waals surface area contributed by atoms with Crippen LogP contribution in [0.15, 0.2) is 12.1 Å². The fourth-order valence-electron chi connectivity index (χ4n) is 2.67. The molecule has 0 spiro atoms. The zero-order chi connectivity index (χ0) is 12.8. The molecule has 0 radical (unpaired) electrons. The SMILES string of the molecule is C#Cc1ccc(C)c2c1[C@@H](C)[C@H](O)C(C)(C)N2. The summed E-state index contributed by atoms with van der Waals surface area (Å²) in [5, 5.41) is 13.7. The number of benzene rings is 1. The van der Waals surface area contributed by atoms with E-state index in [4.69, 9.17) is 6.42 Å². The number of aryl methyl sites for hydroxylation is 1. The van der Waals surface area contributed by atoms with Gasteiger partial charge in [0, 0.05) is 17.2 Å². The summed E-state index contributed by atoms with van der Waals surface area (Å²) in [4.78, 5) is 0. The molecule has 2 nitrogen and oxygen atoms in total. The molecule has 90 valence electrons. The van der Waals surface area contributed by atoms with E-state index in [1.807, 2.05) is 32.9 Å². The molecule has 1 heterocycles. The number of aliphatic hydroxyl groups excluding tert-OH is 1. The second kappa shape index (κ2) is 3.78. The van der Waals surface area contributed by atoms with Crippen molar-refractivity contribution >= 4 is 5.69 Å². The van der Waals surface area contributed by atoms with E-state index in [0.29, 0.717) is 0 Å². The van der Waals surface area contributed by atoms with E-state index in [0.717, 1.165) is 16.8 Å². The Bertz CT molecular complexity index is 496. The summed E-state index contributed by atoms with van der Waals surface area (Å²) in [7, 11) is 0. The number of hydrogen-bond donors (Lipinski definition) is 2. The van der Waals surface area contributed by atoms with E-state index < -0.39 is 6.10 Å². The highest BCUT2D eigenvalue weighted by molar-refractivity contribution is 5.68. The maximum atomic E-state index is 10.3. The molecule has 1 aromatic rings. The van der Waals surface area contributed by atoms with Gasteiger partial charge in [-0.25, -0.2) is 0 Å². The largest absolute Gasteiger partial charge is 0.390 e. The van der Waals surface area contributed by atoms with Gasteiger partial charge in [0.15, 0.2) is 0 Å². The van der Waals surface area contributed by atoms with Crippen LogP contribution >= 0.6 is 0 Å². The van der Waals surface area contributed by atoms with Gasteiger partial charge in [0.1, 0.15) is 0 Å². The van der Waals surface area contributed by atoms with Crippen molar-refractivity contribution < 1.29 is 5.11 Å². The van der Waals surface area contributed by atoms with Gasteiger partial charge in [-0.05, 0) is 38.0 Å². The Labute approximate surface area is 103 Å². The minimum Gasteiger partial charge on any atom is -0.390 e. The highest BCUT2D eigenvalue weighted by Crippen LogP contribution is 2.42. The normalized spacial score (nSPS) is 25.6. The molecule has 0 saturated heterocycles. The lowest BCUT2D eigenvalue weighted by atomic mass is 9.76. The number of nitrogens with one attached hydrogen (secondary N) is 1. The lowest BCUT2D eigenvalue weighted by Crippen LogP contribution is -2.50. The van der Waals surface area contributed by atoms with Gasteiger partial charge in [0.2, 0.25) is 0 Å². The van der Waals surface area contributed by atoms with Gasteiger partial charge < -0.3 is 10.4 Å². The molecule has 0 saturated carbocycles. The van der Waals surface area contributed by atoms with Gasteiger partial charge in [-0.2, -0.15) is 0 Å². The smallest absolute Gasteiger partial charge is 0.0831 e. The zero-order valence-electron chi connectivity index (χ0n) is 10.8. The summed E-state index contributed by atoms with van der Waals surface area (Å²) in [6.45, 7) is 8.12. The molecule has 0 fully saturated rings. The van der Waals surface area contributed by atoms with Crippen LogP contribution in [0.4, 0.5) is 5.69 Å². The Hall–Kier alpha value is -1.46. The van der Waals surface area contributed by atoms with E-state index >= 15 is 0 Å². The van der Waals surface area contributed by atoms with Crippen LogP contribution in [0, 0.1) is 19.3 Å². The molecule has 1 aliphatic heterocycles. The van der Waals surface area contributed by atoms with Crippen LogP contribution < -0.4 is 5.32 Å². The van der Waals surface area contributed by atoms with Crippen molar-refractivity contribution in [3.05, 3.63) is 28.8 Å². The minimum absolute atomic E-state index is 0.0483. The Morgan fingerprint density at radius 2 is 2.06 bits per heavy atom. The first-order valence-corrected chi connectivity index (χ1v) is 5.95. The van der Waals surface area contributed by atoms with Gasteiger partial charge in [0.25, 0.3) is 0 Å². The highest BCUT2D eigenvalue weighted by atomic mass is 16.3. The van der Waals surface area contributed by atoms with E-state index in [2.05, 4.69) is 18.2 Å². The Morgan fingerprint density at radius 3 is 2.65 bits per heavy atom. The molecular formula is C15H19NO. The molecule has 2 rings (SSSR count). The first-order chi connectivity index (χ1) is 7.88. The van der Waals surface area contributed by atoms with Crippen molar-refractivity contribution in [3.8, 4) is 12.3 Å². The first kappa shape index (κ1) is 12.0. The number of rotatable bonds is 0. The Balaban J connectivity index is 2.68. The van der Waals surface area contributed by atoms with E-state index in [1.165, 1.54) is 5.56 Å².